The average molecular weight is 362 g/mol. The molecule has 0 radical (unpaired) electrons. The second-order valence-corrected chi connectivity index (χ2v) is 6.46. The van der Waals surface area contributed by atoms with Crippen molar-refractivity contribution >= 4 is 11.7 Å². The SMILES string of the molecule is C[C@H](c1ccncn1)N(C)C(=O)c1ccc(-c2cc(N(C)C)ncn2)cc1. The monoisotopic (exact) mass is 362 g/mol. The molecule has 0 unspecified atom stereocenters. The lowest BCUT2D eigenvalue weighted by atomic mass is 10.1. The lowest BCUT2D eigenvalue weighted by Gasteiger charge is -2.24. The Hall–Kier alpha value is -3.35. The van der Waals surface area contributed by atoms with Gasteiger partial charge in [-0.1, -0.05) is 12.1 Å². The van der Waals surface area contributed by atoms with Crippen LogP contribution in [0.2, 0.25) is 0 Å². The predicted octanol–water partition coefficient (Wildman–Crippen LogP) is 2.83. The number of carbonyl (C=O) groups is 1. The molecule has 0 aliphatic heterocycles. The van der Waals surface area contributed by atoms with Gasteiger partial charge in [-0.25, -0.2) is 19.9 Å². The van der Waals surface area contributed by atoms with Gasteiger partial charge < -0.3 is 9.80 Å². The predicted molar refractivity (Wildman–Crippen MR) is 104 cm³/mol. The number of benzene rings is 1. The van der Waals surface area contributed by atoms with Gasteiger partial charge in [0.25, 0.3) is 5.91 Å². The molecule has 0 fully saturated rings. The molecule has 3 rings (SSSR count). The summed E-state index contributed by atoms with van der Waals surface area (Å²) in [7, 11) is 5.64. The summed E-state index contributed by atoms with van der Waals surface area (Å²) in [5, 5.41) is 0. The Labute approximate surface area is 158 Å². The van der Waals surface area contributed by atoms with Crippen molar-refractivity contribution in [1.82, 2.24) is 24.8 Å². The van der Waals surface area contributed by atoms with E-state index in [0.29, 0.717) is 5.56 Å². The van der Waals surface area contributed by atoms with E-state index in [1.807, 2.05) is 62.3 Å². The van der Waals surface area contributed by atoms with Crippen LogP contribution < -0.4 is 4.90 Å². The van der Waals surface area contributed by atoms with Crippen LogP contribution in [0.5, 0.6) is 0 Å². The summed E-state index contributed by atoms with van der Waals surface area (Å²) < 4.78 is 0. The maximum Gasteiger partial charge on any atom is 0.254 e. The molecule has 3 aromatic rings. The summed E-state index contributed by atoms with van der Waals surface area (Å²) in [6.45, 7) is 1.94. The average Bonchev–Trinajstić information content (AvgIpc) is 2.73. The number of nitrogens with zero attached hydrogens (tertiary/aromatic N) is 6. The van der Waals surface area contributed by atoms with Crippen LogP contribution in [0.3, 0.4) is 0 Å². The maximum atomic E-state index is 12.8. The molecule has 7 nitrogen and oxygen atoms in total. The van der Waals surface area contributed by atoms with Gasteiger partial charge in [-0.3, -0.25) is 4.79 Å². The maximum absolute atomic E-state index is 12.8. The van der Waals surface area contributed by atoms with Gasteiger partial charge in [0, 0.05) is 44.5 Å². The van der Waals surface area contributed by atoms with Crippen molar-refractivity contribution in [2.45, 2.75) is 13.0 Å². The van der Waals surface area contributed by atoms with Crippen LogP contribution in [-0.2, 0) is 0 Å². The summed E-state index contributed by atoms with van der Waals surface area (Å²) >= 11 is 0. The third kappa shape index (κ3) is 4.08. The summed E-state index contributed by atoms with van der Waals surface area (Å²) in [5.74, 6) is 0.767. The minimum absolute atomic E-state index is 0.0654. The van der Waals surface area contributed by atoms with Crippen molar-refractivity contribution in [2.75, 3.05) is 26.0 Å². The fourth-order valence-corrected chi connectivity index (χ4v) is 2.66. The highest BCUT2D eigenvalue weighted by atomic mass is 16.2. The van der Waals surface area contributed by atoms with Crippen LogP contribution in [0.4, 0.5) is 5.82 Å². The zero-order chi connectivity index (χ0) is 19.4. The Bertz CT molecular complexity index is 911. The van der Waals surface area contributed by atoms with Crippen LogP contribution in [0, 0.1) is 0 Å². The van der Waals surface area contributed by atoms with Crippen molar-refractivity contribution in [2.24, 2.45) is 0 Å². The number of hydrogen-bond acceptors (Lipinski definition) is 6. The highest BCUT2D eigenvalue weighted by Crippen LogP contribution is 2.22. The fraction of sp³-hybridized carbons (Fsp3) is 0.250. The standard InChI is InChI=1S/C20H22N6O/c1-14(17-9-10-21-12-22-17)26(4)20(27)16-7-5-15(6-8-16)18-11-19(25(2)3)24-13-23-18/h5-14H,1-4H3/t14-/m1/s1. The van der Waals surface area contributed by atoms with E-state index in [2.05, 4.69) is 19.9 Å². The van der Waals surface area contributed by atoms with E-state index in [-0.39, 0.29) is 11.9 Å². The molecule has 1 amide bonds. The number of carbonyl (C=O) groups excluding carboxylic acids is 1. The molecule has 7 heteroatoms. The highest BCUT2D eigenvalue weighted by molar-refractivity contribution is 5.94. The fourth-order valence-electron chi connectivity index (χ4n) is 2.66. The Morgan fingerprint density at radius 1 is 0.963 bits per heavy atom. The summed E-state index contributed by atoms with van der Waals surface area (Å²) in [4.78, 5) is 33.1. The van der Waals surface area contributed by atoms with Gasteiger partial charge in [-0.15, -0.1) is 0 Å². The van der Waals surface area contributed by atoms with Gasteiger partial charge in [-0.05, 0) is 25.1 Å². The van der Waals surface area contributed by atoms with Crippen LogP contribution >= 0.6 is 0 Å². The molecule has 0 bridgehead atoms. The molecule has 1 atom stereocenters. The smallest absolute Gasteiger partial charge is 0.254 e. The molecule has 27 heavy (non-hydrogen) atoms. The Balaban J connectivity index is 1.78. The number of hydrogen-bond donors (Lipinski definition) is 0. The third-order valence-corrected chi connectivity index (χ3v) is 4.47. The Morgan fingerprint density at radius 3 is 2.33 bits per heavy atom. The van der Waals surface area contributed by atoms with E-state index in [4.69, 9.17) is 0 Å². The van der Waals surface area contributed by atoms with E-state index >= 15 is 0 Å². The van der Waals surface area contributed by atoms with Gasteiger partial charge in [0.2, 0.25) is 0 Å². The van der Waals surface area contributed by atoms with Gasteiger partial charge in [0.1, 0.15) is 18.5 Å². The minimum Gasteiger partial charge on any atom is -0.363 e. The molecule has 2 heterocycles. The number of aromatic nitrogens is 4. The first-order chi connectivity index (χ1) is 13.0. The molecule has 0 aliphatic rings. The Kier molecular flexibility index (Phi) is 5.40. The van der Waals surface area contributed by atoms with E-state index in [9.17, 15) is 4.79 Å². The first-order valence-corrected chi connectivity index (χ1v) is 8.60. The van der Waals surface area contributed by atoms with E-state index in [1.165, 1.54) is 6.33 Å². The van der Waals surface area contributed by atoms with E-state index < -0.39 is 0 Å². The van der Waals surface area contributed by atoms with Gasteiger partial charge in [0.15, 0.2) is 0 Å². The van der Waals surface area contributed by atoms with Gasteiger partial charge >= 0.3 is 0 Å². The van der Waals surface area contributed by atoms with Crippen LogP contribution in [-0.4, -0.2) is 51.9 Å². The Morgan fingerprint density at radius 2 is 1.70 bits per heavy atom. The van der Waals surface area contributed by atoms with Crippen molar-refractivity contribution in [3.63, 3.8) is 0 Å². The molecule has 138 valence electrons. The van der Waals surface area contributed by atoms with Crippen LogP contribution in [0.1, 0.15) is 29.0 Å². The second-order valence-electron chi connectivity index (χ2n) is 6.46. The van der Waals surface area contributed by atoms with Crippen LogP contribution in [0.25, 0.3) is 11.3 Å². The highest BCUT2D eigenvalue weighted by Gasteiger charge is 2.19. The van der Waals surface area contributed by atoms with Gasteiger partial charge in [-0.2, -0.15) is 0 Å². The quantitative estimate of drug-likeness (QED) is 0.695. The van der Waals surface area contributed by atoms with E-state index in [1.54, 1.807) is 24.5 Å². The second kappa shape index (κ2) is 7.90. The largest absolute Gasteiger partial charge is 0.363 e. The molecule has 0 saturated heterocycles. The molecular weight excluding hydrogens is 340 g/mol. The number of rotatable bonds is 5. The number of anilines is 1. The van der Waals surface area contributed by atoms with Crippen molar-refractivity contribution in [3.05, 3.63) is 66.5 Å². The molecule has 2 aromatic heterocycles. The topological polar surface area (TPSA) is 75.1 Å². The summed E-state index contributed by atoms with van der Waals surface area (Å²) in [6.07, 6.45) is 4.71. The molecule has 0 spiro atoms. The first-order valence-electron chi connectivity index (χ1n) is 8.60. The normalized spacial score (nSPS) is 11.7. The summed E-state index contributed by atoms with van der Waals surface area (Å²) in [6, 6.07) is 11.0. The number of amides is 1. The molecular formula is C20H22N6O. The van der Waals surface area contributed by atoms with Crippen molar-refractivity contribution in [3.8, 4) is 11.3 Å². The van der Waals surface area contributed by atoms with Gasteiger partial charge in [0.05, 0.1) is 17.4 Å². The molecule has 0 saturated carbocycles. The summed E-state index contributed by atoms with van der Waals surface area (Å²) in [5.41, 5.74) is 3.16. The zero-order valence-electron chi connectivity index (χ0n) is 15.9. The van der Waals surface area contributed by atoms with Crippen LogP contribution in [0.15, 0.2) is 55.2 Å². The lowest BCUT2D eigenvalue weighted by Crippen LogP contribution is -2.30. The zero-order valence-corrected chi connectivity index (χ0v) is 15.9. The first kappa shape index (κ1) is 18.4. The lowest BCUT2D eigenvalue weighted by molar-refractivity contribution is 0.0739. The molecule has 0 N–H and O–H groups in total. The van der Waals surface area contributed by atoms with E-state index in [0.717, 1.165) is 22.8 Å². The minimum atomic E-state index is -0.148. The molecule has 1 aromatic carbocycles. The van der Waals surface area contributed by atoms with Crippen molar-refractivity contribution in [1.29, 1.82) is 0 Å². The third-order valence-electron chi connectivity index (χ3n) is 4.47. The molecule has 0 aliphatic carbocycles. The van der Waals surface area contributed by atoms with Crippen molar-refractivity contribution < 1.29 is 4.79 Å².